The standard InChI is InChI=1S/C8H14F3NO4S/c1-2-3-4-17(15,16)12(5-7(13)14)6-8(9,10)11/h2-6H2,1H3,(H,13,14). The van der Waals surface area contributed by atoms with Crippen LogP contribution in [0, 0.1) is 0 Å². The van der Waals surface area contributed by atoms with Gasteiger partial charge >= 0.3 is 12.1 Å². The molecule has 0 heterocycles. The van der Waals surface area contributed by atoms with E-state index in [-0.39, 0.29) is 10.7 Å². The molecule has 0 spiro atoms. The van der Waals surface area contributed by atoms with Gasteiger partial charge in [0, 0.05) is 0 Å². The molecule has 0 aromatic heterocycles. The Bertz CT molecular complexity index is 352. The molecule has 0 aliphatic carbocycles. The van der Waals surface area contributed by atoms with Gasteiger partial charge in [0.15, 0.2) is 0 Å². The molecule has 0 atom stereocenters. The number of unbranched alkanes of at least 4 members (excludes halogenated alkanes) is 1. The lowest BCUT2D eigenvalue weighted by Gasteiger charge is -2.21. The zero-order valence-corrected chi connectivity index (χ0v) is 10.0. The topological polar surface area (TPSA) is 74.7 Å². The maximum absolute atomic E-state index is 12.1. The number of aliphatic carboxylic acids is 1. The second-order valence-electron chi connectivity index (χ2n) is 3.45. The van der Waals surface area contributed by atoms with Crippen LogP contribution in [0.5, 0.6) is 0 Å². The minimum atomic E-state index is -4.76. The third-order valence-electron chi connectivity index (χ3n) is 1.82. The molecule has 0 rings (SSSR count). The minimum Gasteiger partial charge on any atom is -0.480 e. The van der Waals surface area contributed by atoms with Crippen molar-refractivity contribution in [3.63, 3.8) is 0 Å². The van der Waals surface area contributed by atoms with Gasteiger partial charge in [0.25, 0.3) is 0 Å². The van der Waals surface area contributed by atoms with E-state index < -0.39 is 41.0 Å². The Kier molecular flexibility index (Phi) is 5.89. The van der Waals surface area contributed by atoms with E-state index in [0.29, 0.717) is 6.42 Å². The van der Waals surface area contributed by atoms with Gasteiger partial charge in [-0.2, -0.15) is 17.5 Å². The Morgan fingerprint density at radius 1 is 1.35 bits per heavy atom. The Balaban J connectivity index is 4.84. The van der Waals surface area contributed by atoms with Crippen LogP contribution in [0.15, 0.2) is 0 Å². The molecule has 0 unspecified atom stereocenters. The normalized spacial score (nSPS) is 13.0. The van der Waals surface area contributed by atoms with Crippen LogP contribution in [0.3, 0.4) is 0 Å². The van der Waals surface area contributed by atoms with Gasteiger partial charge in [0.05, 0.1) is 5.75 Å². The molecule has 0 aliphatic heterocycles. The molecule has 17 heavy (non-hydrogen) atoms. The summed E-state index contributed by atoms with van der Waals surface area (Å²) in [5.74, 6) is -2.10. The molecule has 5 nitrogen and oxygen atoms in total. The summed E-state index contributed by atoms with van der Waals surface area (Å²) in [6.45, 7) is -1.27. The predicted octanol–water partition coefficient (Wildman–Crippen LogP) is 1.07. The van der Waals surface area contributed by atoms with Crippen molar-refractivity contribution in [3.05, 3.63) is 0 Å². The van der Waals surface area contributed by atoms with Gasteiger partial charge in [-0.15, -0.1) is 0 Å². The van der Waals surface area contributed by atoms with E-state index in [2.05, 4.69) is 0 Å². The van der Waals surface area contributed by atoms with Crippen LogP contribution < -0.4 is 0 Å². The molecule has 1 N–H and O–H groups in total. The fourth-order valence-electron chi connectivity index (χ4n) is 1.06. The molecular weight excluding hydrogens is 263 g/mol. The van der Waals surface area contributed by atoms with Crippen molar-refractivity contribution >= 4 is 16.0 Å². The van der Waals surface area contributed by atoms with Gasteiger partial charge in [-0.25, -0.2) is 8.42 Å². The van der Waals surface area contributed by atoms with Crippen LogP contribution in [-0.4, -0.2) is 48.8 Å². The molecule has 102 valence electrons. The molecule has 0 amide bonds. The van der Waals surface area contributed by atoms with Crippen molar-refractivity contribution in [2.75, 3.05) is 18.8 Å². The van der Waals surface area contributed by atoms with Crippen LogP contribution in [0.4, 0.5) is 13.2 Å². The maximum atomic E-state index is 12.1. The molecular formula is C8H14F3NO4S. The molecule has 0 radical (unpaired) electrons. The van der Waals surface area contributed by atoms with E-state index >= 15 is 0 Å². The smallest absolute Gasteiger partial charge is 0.402 e. The van der Waals surface area contributed by atoms with E-state index in [1.807, 2.05) is 0 Å². The number of carboxylic acid groups (broad SMARTS) is 1. The number of hydrogen-bond acceptors (Lipinski definition) is 3. The molecule has 0 bridgehead atoms. The van der Waals surface area contributed by atoms with Gasteiger partial charge in [-0.05, 0) is 6.42 Å². The lowest BCUT2D eigenvalue weighted by atomic mass is 10.4. The van der Waals surface area contributed by atoms with Crippen molar-refractivity contribution in [1.82, 2.24) is 4.31 Å². The molecule has 0 aromatic carbocycles. The molecule has 0 saturated heterocycles. The Morgan fingerprint density at radius 3 is 2.24 bits per heavy atom. The zero-order chi connectivity index (χ0) is 13.7. The van der Waals surface area contributed by atoms with E-state index in [0.717, 1.165) is 0 Å². The fourth-order valence-corrected chi connectivity index (χ4v) is 2.62. The quantitative estimate of drug-likeness (QED) is 0.755. The van der Waals surface area contributed by atoms with Gasteiger partial charge in [0.2, 0.25) is 10.0 Å². The summed E-state index contributed by atoms with van der Waals surface area (Å²) in [6.07, 6.45) is -4.07. The summed E-state index contributed by atoms with van der Waals surface area (Å²) in [6, 6.07) is 0. The SMILES string of the molecule is CCCCS(=O)(=O)N(CC(=O)O)CC(F)(F)F. The van der Waals surface area contributed by atoms with Crippen molar-refractivity contribution in [2.45, 2.75) is 25.9 Å². The highest BCUT2D eigenvalue weighted by atomic mass is 32.2. The van der Waals surface area contributed by atoms with Crippen molar-refractivity contribution in [2.24, 2.45) is 0 Å². The number of carbonyl (C=O) groups is 1. The molecule has 0 saturated carbocycles. The number of hydrogen-bond donors (Lipinski definition) is 1. The highest BCUT2D eigenvalue weighted by Gasteiger charge is 2.36. The first-order valence-corrected chi connectivity index (χ1v) is 6.46. The number of carboxylic acids is 1. The number of rotatable bonds is 7. The Morgan fingerprint density at radius 2 is 1.88 bits per heavy atom. The van der Waals surface area contributed by atoms with E-state index in [1.54, 1.807) is 6.92 Å². The summed E-state index contributed by atoms with van der Waals surface area (Å²) in [4.78, 5) is 10.3. The lowest BCUT2D eigenvalue weighted by Crippen LogP contribution is -2.43. The third-order valence-corrected chi connectivity index (χ3v) is 3.67. The highest BCUT2D eigenvalue weighted by molar-refractivity contribution is 7.89. The predicted molar refractivity (Wildman–Crippen MR) is 54.0 cm³/mol. The number of alkyl halides is 3. The average molecular weight is 277 g/mol. The maximum Gasteiger partial charge on any atom is 0.402 e. The van der Waals surface area contributed by atoms with Gasteiger partial charge < -0.3 is 5.11 Å². The summed E-state index contributed by atoms with van der Waals surface area (Å²) in [5, 5.41) is 8.40. The Hall–Kier alpha value is -0.830. The molecule has 0 aromatic rings. The molecule has 9 heteroatoms. The fraction of sp³-hybridized carbons (Fsp3) is 0.875. The van der Waals surface area contributed by atoms with E-state index in [4.69, 9.17) is 5.11 Å². The molecule has 0 aliphatic rings. The van der Waals surface area contributed by atoms with Crippen LogP contribution in [0.25, 0.3) is 0 Å². The van der Waals surface area contributed by atoms with Gasteiger partial charge in [0.1, 0.15) is 13.1 Å². The van der Waals surface area contributed by atoms with Crippen LogP contribution >= 0.6 is 0 Å². The second kappa shape index (κ2) is 6.20. The minimum absolute atomic E-state index is 0.0506. The summed E-state index contributed by atoms with van der Waals surface area (Å²) < 4.78 is 59.2. The highest BCUT2D eigenvalue weighted by Crippen LogP contribution is 2.19. The first kappa shape index (κ1) is 16.2. The second-order valence-corrected chi connectivity index (χ2v) is 5.54. The Labute approximate surface area is 97.3 Å². The zero-order valence-electron chi connectivity index (χ0n) is 9.20. The largest absolute Gasteiger partial charge is 0.480 e. The van der Waals surface area contributed by atoms with Crippen molar-refractivity contribution < 1.29 is 31.5 Å². The van der Waals surface area contributed by atoms with Crippen LogP contribution in [-0.2, 0) is 14.8 Å². The van der Waals surface area contributed by atoms with Gasteiger partial charge in [-0.1, -0.05) is 13.3 Å². The number of nitrogens with zero attached hydrogens (tertiary/aromatic N) is 1. The molecule has 0 fully saturated rings. The number of halogens is 3. The van der Waals surface area contributed by atoms with E-state index in [9.17, 15) is 26.4 Å². The summed E-state index contributed by atoms with van der Waals surface area (Å²) >= 11 is 0. The third kappa shape index (κ3) is 7.16. The first-order chi connectivity index (χ1) is 7.58. The average Bonchev–Trinajstić information content (AvgIpc) is 2.11. The van der Waals surface area contributed by atoms with Crippen LogP contribution in [0.1, 0.15) is 19.8 Å². The van der Waals surface area contributed by atoms with E-state index in [1.165, 1.54) is 0 Å². The van der Waals surface area contributed by atoms with Crippen molar-refractivity contribution in [3.8, 4) is 0 Å². The lowest BCUT2D eigenvalue weighted by molar-refractivity contribution is -0.146. The van der Waals surface area contributed by atoms with Crippen molar-refractivity contribution in [1.29, 1.82) is 0 Å². The summed E-state index contributed by atoms with van der Waals surface area (Å²) in [5.41, 5.74) is 0. The summed E-state index contributed by atoms with van der Waals surface area (Å²) in [7, 11) is -4.18. The first-order valence-electron chi connectivity index (χ1n) is 4.85. The van der Waals surface area contributed by atoms with Gasteiger partial charge in [-0.3, -0.25) is 4.79 Å². The van der Waals surface area contributed by atoms with Crippen LogP contribution in [0.2, 0.25) is 0 Å². The number of sulfonamides is 1. The monoisotopic (exact) mass is 277 g/mol.